The Morgan fingerprint density at radius 2 is 1.86 bits per heavy atom. The lowest BCUT2D eigenvalue weighted by Crippen LogP contribution is -2.32. The van der Waals surface area contributed by atoms with E-state index in [4.69, 9.17) is 44.3 Å². The molecule has 4 nitrogen and oxygen atoms in total. The number of fused-ring (bicyclic) bond motifs is 1. The number of ether oxygens (including phenoxy) is 2. The molecule has 0 N–H and O–H groups in total. The van der Waals surface area contributed by atoms with Crippen molar-refractivity contribution in [3.8, 4) is 5.75 Å². The van der Waals surface area contributed by atoms with Gasteiger partial charge in [0.25, 0.3) is 0 Å². The Bertz CT molecular complexity index is 938. The SMILES string of the molecule is CN(CCC(Oc1cccc2ccccc12)c1cccs1)C(=O)OCC(Cl)(Cl)Cl. The molecule has 0 aliphatic rings. The molecular weight excluding hydrogens is 453 g/mol. The fraction of sp³-hybridized carbons (Fsp3) is 0.286. The van der Waals surface area contributed by atoms with Gasteiger partial charge in [-0.25, -0.2) is 4.79 Å². The van der Waals surface area contributed by atoms with E-state index in [1.807, 2.05) is 47.8 Å². The average Bonchev–Trinajstić information content (AvgIpc) is 3.23. The minimum Gasteiger partial charge on any atom is -0.484 e. The molecular formula is C21H20Cl3NO3S. The van der Waals surface area contributed by atoms with E-state index in [0.29, 0.717) is 13.0 Å². The maximum Gasteiger partial charge on any atom is 0.409 e. The summed E-state index contributed by atoms with van der Waals surface area (Å²) < 4.78 is 9.77. The molecule has 29 heavy (non-hydrogen) atoms. The number of halogens is 3. The highest BCUT2D eigenvalue weighted by molar-refractivity contribution is 7.10. The van der Waals surface area contributed by atoms with E-state index in [2.05, 4.69) is 12.1 Å². The van der Waals surface area contributed by atoms with Crippen LogP contribution in [-0.4, -0.2) is 35.0 Å². The van der Waals surface area contributed by atoms with Gasteiger partial charge in [0.15, 0.2) is 0 Å². The molecule has 0 saturated heterocycles. The second kappa shape index (κ2) is 9.90. The van der Waals surface area contributed by atoms with Gasteiger partial charge in [0.2, 0.25) is 3.79 Å². The summed E-state index contributed by atoms with van der Waals surface area (Å²) in [6.07, 6.45) is -0.168. The number of thiophene rings is 1. The van der Waals surface area contributed by atoms with Crippen molar-refractivity contribution in [2.24, 2.45) is 0 Å². The smallest absolute Gasteiger partial charge is 0.409 e. The van der Waals surface area contributed by atoms with Crippen LogP contribution in [0.3, 0.4) is 0 Å². The third-order valence-corrected chi connectivity index (χ3v) is 5.57. The molecule has 1 atom stereocenters. The van der Waals surface area contributed by atoms with Gasteiger partial charge in [-0.1, -0.05) is 77.3 Å². The number of carbonyl (C=O) groups excluding carboxylic acids is 1. The number of hydrogen-bond donors (Lipinski definition) is 0. The van der Waals surface area contributed by atoms with Crippen LogP contribution in [0.15, 0.2) is 60.0 Å². The molecule has 0 spiro atoms. The first-order chi connectivity index (χ1) is 13.8. The van der Waals surface area contributed by atoms with Crippen molar-refractivity contribution in [2.45, 2.75) is 16.3 Å². The molecule has 0 bridgehead atoms. The van der Waals surface area contributed by atoms with Crippen LogP contribution in [0.1, 0.15) is 17.4 Å². The first-order valence-corrected chi connectivity index (χ1v) is 11.0. The van der Waals surface area contributed by atoms with Gasteiger partial charge in [-0.2, -0.15) is 0 Å². The summed E-state index contributed by atoms with van der Waals surface area (Å²) in [6, 6.07) is 18.1. The topological polar surface area (TPSA) is 38.8 Å². The standard InChI is InChI=1S/C21H20Cl3NO3S/c1-25(20(26)27-14-21(22,23)24)12-11-18(19-10-5-13-29-19)28-17-9-4-7-15-6-2-3-8-16(15)17/h2-10,13,18H,11-12,14H2,1H3. The van der Waals surface area contributed by atoms with Crippen LogP contribution in [-0.2, 0) is 4.74 Å². The van der Waals surface area contributed by atoms with Crippen LogP contribution in [0.2, 0.25) is 0 Å². The van der Waals surface area contributed by atoms with E-state index in [9.17, 15) is 4.79 Å². The van der Waals surface area contributed by atoms with E-state index >= 15 is 0 Å². The summed E-state index contributed by atoms with van der Waals surface area (Å²) in [5.41, 5.74) is 0. The molecule has 0 fully saturated rings. The number of alkyl halides is 3. The lowest BCUT2D eigenvalue weighted by molar-refractivity contribution is 0.106. The Morgan fingerprint density at radius 1 is 1.10 bits per heavy atom. The fourth-order valence-electron chi connectivity index (χ4n) is 2.84. The van der Waals surface area contributed by atoms with Crippen molar-refractivity contribution in [1.82, 2.24) is 4.90 Å². The predicted octanol–water partition coefficient (Wildman–Crippen LogP) is 6.85. The van der Waals surface area contributed by atoms with Crippen LogP contribution in [0.5, 0.6) is 5.75 Å². The molecule has 1 heterocycles. The van der Waals surface area contributed by atoms with Gasteiger partial charge in [-0.3, -0.25) is 0 Å². The Balaban J connectivity index is 1.69. The molecule has 0 saturated carbocycles. The first kappa shape index (κ1) is 22.0. The van der Waals surface area contributed by atoms with E-state index in [-0.39, 0.29) is 12.7 Å². The molecule has 3 rings (SSSR count). The monoisotopic (exact) mass is 471 g/mol. The summed E-state index contributed by atoms with van der Waals surface area (Å²) in [7, 11) is 1.64. The van der Waals surface area contributed by atoms with Gasteiger partial charge in [0, 0.05) is 30.3 Å². The van der Waals surface area contributed by atoms with Crippen molar-refractivity contribution >= 4 is 63.0 Å². The first-order valence-electron chi connectivity index (χ1n) is 8.96. The normalized spacial score (nSPS) is 12.6. The lowest BCUT2D eigenvalue weighted by Gasteiger charge is -2.23. The summed E-state index contributed by atoms with van der Waals surface area (Å²) in [4.78, 5) is 14.6. The van der Waals surface area contributed by atoms with Gasteiger partial charge >= 0.3 is 6.09 Å². The van der Waals surface area contributed by atoms with E-state index in [1.54, 1.807) is 18.4 Å². The molecule has 3 aromatic rings. The van der Waals surface area contributed by atoms with Crippen LogP contribution in [0.25, 0.3) is 10.8 Å². The molecule has 8 heteroatoms. The minimum atomic E-state index is -1.63. The molecule has 1 amide bonds. The Morgan fingerprint density at radius 3 is 2.59 bits per heavy atom. The molecule has 0 radical (unpaired) electrons. The van der Waals surface area contributed by atoms with Gasteiger partial charge in [-0.05, 0) is 22.9 Å². The zero-order valence-electron chi connectivity index (χ0n) is 15.7. The van der Waals surface area contributed by atoms with E-state index < -0.39 is 9.89 Å². The van der Waals surface area contributed by atoms with Crippen LogP contribution >= 0.6 is 46.1 Å². The van der Waals surface area contributed by atoms with Crippen molar-refractivity contribution in [2.75, 3.05) is 20.2 Å². The van der Waals surface area contributed by atoms with E-state index in [0.717, 1.165) is 21.4 Å². The third-order valence-electron chi connectivity index (χ3n) is 4.28. The highest BCUT2D eigenvalue weighted by Gasteiger charge is 2.24. The number of rotatable bonds is 7. The van der Waals surface area contributed by atoms with E-state index in [1.165, 1.54) is 4.90 Å². The number of hydrogen-bond acceptors (Lipinski definition) is 4. The van der Waals surface area contributed by atoms with Gasteiger partial charge in [0.1, 0.15) is 18.5 Å². The Kier molecular flexibility index (Phi) is 7.52. The van der Waals surface area contributed by atoms with Crippen LogP contribution < -0.4 is 4.74 Å². The summed E-state index contributed by atoms with van der Waals surface area (Å²) in [5.74, 6) is 0.808. The second-order valence-corrected chi connectivity index (χ2v) is 9.97. The highest BCUT2D eigenvalue weighted by Crippen LogP contribution is 2.33. The zero-order chi connectivity index (χ0) is 20.9. The second-order valence-electron chi connectivity index (χ2n) is 6.48. The molecule has 2 aromatic carbocycles. The predicted molar refractivity (Wildman–Crippen MR) is 121 cm³/mol. The van der Waals surface area contributed by atoms with Gasteiger partial charge < -0.3 is 14.4 Å². The molecule has 0 aliphatic carbocycles. The largest absolute Gasteiger partial charge is 0.484 e. The molecule has 0 aliphatic heterocycles. The van der Waals surface area contributed by atoms with Crippen molar-refractivity contribution in [1.29, 1.82) is 0 Å². The molecule has 1 aromatic heterocycles. The number of carbonyl (C=O) groups is 1. The number of amides is 1. The van der Waals surface area contributed by atoms with Gasteiger partial charge in [-0.15, -0.1) is 11.3 Å². The van der Waals surface area contributed by atoms with Crippen molar-refractivity contribution in [3.05, 3.63) is 64.9 Å². The number of benzene rings is 2. The molecule has 1 unspecified atom stereocenters. The van der Waals surface area contributed by atoms with Crippen LogP contribution in [0, 0.1) is 0 Å². The average molecular weight is 473 g/mol. The lowest BCUT2D eigenvalue weighted by atomic mass is 10.1. The maximum atomic E-state index is 12.1. The summed E-state index contributed by atoms with van der Waals surface area (Å²) in [5, 5.41) is 4.17. The quantitative estimate of drug-likeness (QED) is 0.353. The fourth-order valence-corrected chi connectivity index (χ4v) is 3.79. The summed E-state index contributed by atoms with van der Waals surface area (Å²) >= 11 is 18.5. The Hall–Kier alpha value is -1.66. The number of nitrogens with zero attached hydrogens (tertiary/aromatic N) is 1. The van der Waals surface area contributed by atoms with Gasteiger partial charge in [0.05, 0.1) is 0 Å². The highest BCUT2D eigenvalue weighted by atomic mass is 35.6. The zero-order valence-corrected chi connectivity index (χ0v) is 18.8. The van der Waals surface area contributed by atoms with Crippen LogP contribution in [0.4, 0.5) is 4.79 Å². The minimum absolute atomic E-state index is 0.204. The van der Waals surface area contributed by atoms with Crippen molar-refractivity contribution in [3.63, 3.8) is 0 Å². The summed E-state index contributed by atoms with van der Waals surface area (Å²) in [6.45, 7) is 0.119. The third kappa shape index (κ3) is 6.41. The maximum absolute atomic E-state index is 12.1. The Labute approximate surface area is 188 Å². The van der Waals surface area contributed by atoms with Crippen molar-refractivity contribution < 1.29 is 14.3 Å². The molecule has 154 valence electrons.